The van der Waals surface area contributed by atoms with Crippen molar-refractivity contribution in [1.29, 1.82) is 0 Å². The number of hydrogen-bond donors (Lipinski definition) is 2. The number of benzene rings is 1. The molecule has 0 unspecified atom stereocenters. The number of halogens is 2. The number of nitrogens with one attached hydrogen (secondary N) is 1. The van der Waals surface area contributed by atoms with Gasteiger partial charge in [-0.2, -0.15) is 0 Å². The molecular weight excluding hydrogens is 353 g/mol. The van der Waals surface area contributed by atoms with Crippen LogP contribution in [0.5, 0.6) is 0 Å². The topological polar surface area (TPSA) is 75.6 Å². The van der Waals surface area contributed by atoms with E-state index in [9.17, 15) is 17.9 Å². The first-order valence-electron chi connectivity index (χ1n) is 6.06. The van der Waals surface area contributed by atoms with E-state index < -0.39 is 21.4 Å². The summed E-state index contributed by atoms with van der Waals surface area (Å²) in [6.07, 6.45) is 0.753. The maximum absolute atomic E-state index is 13.5. The molecule has 1 heterocycles. The summed E-state index contributed by atoms with van der Waals surface area (Å²) in [6, 6.07) is 3.58. The van der Waals surface area contributed by atoms with Crippen LogP contribution >= 0.6 is 15.9 Å². The minimum absolute atomic E-state index is 0.169. The lowest BCUT2D eigenvalue weighted by Crippen LogP contribution is -2.54. The molecule has 1 aromatic rings. The summed E-state index contributed by atoms with van der Waals surface area (Å²) in [4.78, 5) is -0.169. The molecule has 112 valence electrons. The fourth-order valence-electron chi connectivity index (χ4n) is 2.04. The molecule has 20 heavy (non-hydrogen) atoms. The van der Waals surface area contributed by atoms with Crippen molar-refractivity contribution in [2.24, 2.45) is 0 Å². The van der Waals surface area contributed by atoms with Gasteiger partial charge in [0.2, 0.25) is 10.0 Å². The Hall–Kier alpha value is -0.540. The predicted octanol–water partition coefficient (Wildman–Crippen LogP) is 1.41. The van der Waals surface area contributed by atoms with E-state index in [0.717, 1.165) is 6.07 Å². The molecule has 1 fully saturated rings. The highest BCUT2D eigenvalue weighted by Crippen LogP contribution is 2.25. The minimum Gasteiger partial charge on any atom is -0.394 e. The Morgan fingerprint density at radius 3 is 2.60 bits per heavy atom. The van der Waals surface area contributed by atoms with Gasteiger partial charge in [-0.1, -0.05) is 0 Å². The lowest BCUT2D eigenvalue weighted by Gasteiger charge is -2.35. The van der Waals surface area contributed by atoms with Crippen LogP contribution in [-0.2, 0) is 14.8 Å². The van der Waals surface area contributed by atoms with E-state index in [0.29, 0.717) is 26.1 Å². The van der Waals surface area contributed by atoms with Crippen LogP contribution in [0.1, 0.15) is 12.8 Å². The maximum Gasteiger partial charge on any atom is 0.241 e. The summed E-state index contributed by atoms with van der Waals surface area (Å²) in [5.41, 5.74) is -0.944. The minimum atomic E-state index is -3.90. The third-order valence-corrected chi connectivity index (χ3v) is 5.52. The third kappa shape index (κ3) is 3.37. The largest absolute Gasteiger partial charge is 0.394 e. The summed E-state index contributed by atoms with van der Waals surface area (Å²) < 4.78 is 45.9. The number of aliphatic hydroxyl groups is 1. The average molecular weight is 368 g/mol. The Morgan fingerprint density at radius 2 is 2.05 bits per heavy atom. The standard InChI is InChI=1S/C12H15BrFNO4S/c13-10-2-1-9(7-11(10)14)20(17,18)15-12(8-16)3-5-19-6-4-12/h1-2,7,15-16H,3-6,8H2. The first kappa shape index (κ1) is 15.8. The zero-order valence-corrected chi connectivity index (χ0v) is 13.0. The van der Waals surface area contributed by atoms with Crippen molar-refractivity contribution in [1.82, 2.24) is 4.72 Å². The lowest BCUT2D eigenvalue weighted by molar-refractivity contribution is 0.0223. The SMILES string of the molecule is O=S(=O)(NC1(CO)CCOCC1)c1ccc(Br)c(F)c1. The van der Waals surface area contributed by atoms with Crippen LogP contribution in [0.3, 0.4) is 0 Å². The van der Waals surface area contributed by atoms with Gasteiger partial charge in [-0.3, -0.25) is 0 Å². The van der Waals surface area contributed by atoms with E-state index in [1.807, 2.05) is 0 Å². The molecule has 5 nitrogen and oxygen atoms in total. The predicted molar refractivity (Wildman–Crippen MR) is 74.3 cm³/mol. The van der Waals surface area contributed by atoms with E-state index in [1.165, 1.54) is 12.1 Å². The van der Waals surface area contributed by atoms with Crippen molar-refractivity contribution in [3.05, 3.63) is 28.5 Å². The molecule has 0 radical (unpaired) electrons. The molecule has 2 rings (SSSR count). The Morgan fingerprint density at radius 1 is 1.40 bits per heavy atom. The monoisotopic (exact) mass is 367 g/mol. The highest BCUT2D eigenvalue weighted by atomic mass is 79.9. The van der Waals surface area contributed by atoms with Crippen LogP contribution < -0.4 is 4.72 Å². The van der Waals surface area contributed by atoms with Gasteiger partial charge >= 0.3 is 0 Å². The van der Waals surface area contributed by atoms with Crippen LogP contribution in [-0.4, -0.2) is 38.9 Å². The Bertz CT molecular complexity index is 587. The van der Waals surface area contributed by atoms with Crippen molar-refractivity contribution in [2.45, 2.75) is 23.3 Å². The molecule has 0 atom stereocenters. The van der Waals surface area contributed by atoms with E-state index in [4.69, 9.17) is 4.74 Å². The van der Waals surface area contributed by atoms with E-state index in [2.05, 4.69) is 20.7 Å². The zero-order valence-electron chi connectivity index (χ0n) is 10.6. The molecule has 0 amide bonds. The Labute approximate surface area is 125 Å². The maximum atomic E-state index is 13.5. The first-order chi connectivity index (χ1) is 9.38. The van der Waals surface area contributed by atoms with Gasteiger partial charge in [-0.25, -0.2) is 17.5 Å². The molecule has 0 aromatic heterocycles. The van der Waals surface area contributed by atoms with Gasteiger partial charge < -0.3 is 9.84 Å². The fraction of sp³-hybridized carbons (Fsp3) is 0.500. The summed E-state index contributed by atoms with van der Waals surface area (Å²) in [5.74, 6) is -0.655. The number of aliphatic hydroxyl groups excluding tert-OH is 1. The average Bonchev–Trinajstić information content (AvgIpc) is 2.42. The molecule has 0 bridgehead atoms. The van der Waals surface area contributed by atoms with Crippen molar-refractivity contribution < 1.29 is 22.7 Å². The van der Waals surface area contributed by atoms with E-state index in [1.54, 1.807) is 0 Å². The van der Waals surface area contributed by atoms with Gasteiger partial charge in [-0.15, -0.1) is 0 Å². The smallest absolute Gasteiger partial charge is 0.241 e. The molecule has 0 spiro atoms. The number of ether oxygens (including phenoxy) is 1. The van der Waals surface area contributed by atoms with Crippen LogP contribution in [0.15, 0.2) is 27.6 Å². The molecule has 1 aliphatic rings. The highest BCUT2D eigenvalue weighted by Gasteiger charge is 2.36. The van der Waals surface area contributed by atoms with E-state index in [-0.39, 0.29) is 16.0 Å². The van der Waals surface area contributed by atoms with Gasteiger partial charge in [-0.05, 0) is 47.0 Å². The van der Waals surface area contributed by atoms with Gasteiger partial charge in [0.1, 0.15) is 5.82 Å². The van der Waals surface area contributed by atoms with Crippen LogP contribution in [0.25, 0.3) is 0 Å². The van der Waals surface area contributed by atoms with Gasteiger partial charge in [0.15, 0.2) is 0 Å². The van der Waals surface area contributed by atoms with Crippen molar-refractivity contribution in [3.8, 4) is 0 Å². The van der Waals surface area contributed by atoms with Gasteiger partial charge in [0.05, 0.1) is 21.5 Å². The summed E-state index contributed by atoms with van der Waals surface area (Å²) in [5, 5.41) is 9.49. The van der Waals surface area contributed by atoms with Gasteiger partial charge in [0.25, 0.3) is 0 Å². The van der Waals surface area contributed by atoms with Gasteiger partial charge in [0, 0.05) is 13.2 Å². The molecular formula is C12H15BrFNO4S. The molecule has 0 aliphatic carbocycles. The molecule has 1 saturated heterocycles. The Kier molecular flexibility index (Phi) is 4.80. The summed E-state index contributed by atoms with van der Waals surface area (Å²) in [7, 11) is -3.90. The van der Waals surface area contributed by atoms with Crippen LogP contribution in [0.4, 0.5) is 4.39 Å². The molecule has 8 heteroatoms. The van der Waals surface area contributed by atoms with Crippen LogP contribution in [0, 0.1) is 5.82 Å². The second-order valence-electron chi connectivity index (χ2n) is 4.73. The third-order valence-electron chi connectivity index (χ3n) is 3.30. The molecule has 0 saturated carbocycles. The fourth-order valence-corrected chi connectivity index (χ4v) is 3.75. The molecule has 1 aromatic carbocycles. The van der Waals surface area contributed by atoms with Crippen molar-refractivity contribution >= 4 is 26.0 Å². The molecule has 1 aliphatic heterocycles. The lowest BCUT2D eigenvalue weighted by atomic mass is 9.93. The quantitative estimate of drug-likeness (QED) is 0.843. The number of hydrogen-bond acceptors (Lipinski definition) is 4. The van der Waals surface area contributed by atoms with Crippen molar-refractivity contribution in [2.75, 3.05) is 19.8 Å². The normalized spacial score (nSPS) is 18.9. The summed E-state index contributed by atoms with van der Waals surface area (Å²) in [6.45, 7) is 0.421. The summed E-state index contributed by atoms with van der Waals surface area (Å²) >= 11 is 2.97. The second-order valence-corrected chi connectivity index (χ2v) is 7.27. The zero-order chi connectivity index (χ0) is 14.8. The Balaban J connectivity index is 2.27. The first-order valence-corrected chi connectivity index (χ1v) is 8.34. The second kappa shape index (κ2) is 6.07. The van der Waals surface area contributed by atoms with Crippen molar-refractivity contribution in [3.63, 3.8) is 0 Å². The molecule has 2 N–H and O–H groups in total. The van der Waals surface area contributed by atoms with E-state index >= 15 is 0 Å². The number of sulfonamides is 1. The highest BCUT2D eigenvalue weighted by molar-refractivity contribution is 9.10. The van der Waals surface area contributed by atoms with Crippen LogP contribution in [0.2, 0.25) is 0 Å². The number of rotatable bonds is 4.